The minimum atomic E-state index is -0.631. The molecule has 0 radical (unpaired) electrons. The second-order valence-electron chi connectivity index (χ2n) is 3.84. The van der Waals surface area contributed by atoms with Gasteiger partial charge in [-0.2, -0.15) is 5.10 Å². The summed E-state index contributed by atoms with van der Waals surface area (Å²) >= 11 is 0. The number of oxime groups is 1. The lowest BCUT2D eigenvalue weighted by Crippen LogP contribution is -2.25. The Morgan fingerprint density at radius 1 is 1.37 bits per heavy atom. The van der Waals surface area contributed by atoms with Gasteiger partial charge in [0.2, 0.25) is 0 Å². The number of aromatic amines is 2. The van der Waals surface area contributed by atoms with E-state index in [1.165, 1.54) is 13.1 Å². The number of amides is 1. The summed E-state index contributed by atoms with van der Waals surface area (Å²) in [7, 11) is 1.50. The quantitative estimate of drug-likeness (QED) is 0.666. The van der Waals surface area contributed by atoms with Crippen LogP contribution in [-0.4, -0.2) is 39.4 Å². The van der Waals surface area contributed by atoms with Crippen molar-refractivity contribution in [3.8, 4) is 0 Å². The summed E-state index contributed by atoms with van der Waals surface area (Å²) in [6.07, 6.45) is 0. The van der Waals surface area contributed by atoms with Crippen LogP contribution in [0.15, 0.2) is 25.9 Å². The Hall–Kier alpha value is -2.71. The number of H-pyrrole nitrogens is 2. The fourth-order valence-corrected chi connectivity index (χ4v) is 1.49. The molecule has 1 aliphatic heterocycles. The van der Waals surface area contributed by atoms with Gasteiger partial charge in [-0.25, -0.2) is 9.80 Å². The van der Waals surface area contributed by atoms with Crippen molar-refractivity contribution >= 4 is 17.3 Å². The average Bonchev–Trinajstić information content (AvgIpc) is 2.54. The Balaban J connectivity index is 2.08. The third kappa shape index (κ3) is 2.76. The van der Waals surface area contributed by atoms with E-state index >= 15 is 0 Å². The summed E-state index contributed by atoms with van der Waals surface area (Å²) in [5, 5.41) is 8.68. The molecule has 19 heavy (non-hydrogen) atoms. The largest absolute Gasteiger partial charge is 0.389 e. The van der Waals surface area contributed by atoms with Crippen molar-refractivity contribution < 1.29 is 9.63 Å². The average molecular weight is 265 g/mol. The summed E-state index contributed by atoms with van der Waals surface area (Å²) < 4.78 is 0. The zero-order chi connectivity index (χ0) is 14.0. The number of nitrogens with one attached hydrogen (secondary N) is 2. The van der Waals surface area contributed by atoms with Gasteiger partial charge in [0.15, 0.2) is 12.3 Å². The molecule has 0 saturated heterocycles. The molecule has 1 aliphatic rings. The van der Waals surface area contributed by atoms with Gasteiger partial charge >= 0.3 is 5.69 Å². The van der Waals surface area contributed by atoms with E-state index in [-0.39, 0.29) is 23.9 Å². The molecule has 0 fully saturated rings. The van der Waals surface area contributed by atoms with Crippen LogP contribution >= 0.6 is 0 Å². The summed E-state index contributed by atoms with van der Waals surface area (Å²) in [6, 6.07) is 1.17. The number of rotatable bonds is 3. The molecule has 0 aliphatic carbocycles. The van der Waals surface area contributed by atoms with Crippen molar-refractivity contribution in [3.63, 3.8) is 0 Å². The van der Waals surface area contributed by atoms with Gasteiger partial charge in [0, 0.05) is 13.1 Å². The first-order chi connectivity index (χ1) is 8.97. The first kappa shape index (κ1) is 12.7. The predicted molar refractivity (Wildman–Crippen MR) is 65.8 cm³/mol. The van der Waals surface area contributed by atoms with Crippen LogP contribution in [0, 0.1) is 0 Å². The molecular formula is C10H11N5O4. The molecule has 9 heteroatoms. The maximum atomic E-state index is 11.6. The molecule has 0 saturated carbocycles. The van der Waals surface area contributed by atoms with Crippen molar-refractivity contribution in [1.82, 2.24) is 15.0 Å². The topological polar surface area (TPSA) is 120 Å². The van der Waals surface area contributed by atoms with E-state index in [9.17, 15) is 14.4 Å². The van der Waals surface area contributed by atoms with Gasteiger partial charge in [-0.15, -0.1) is 0 Å². The van der Waals surface area contributed by atoms with Gasteiger partial charge in [0.25, 0.3) is 11.5 Å². The van der Waals surface area contributed by atoms with E-state index in [1.807, 2.05) is 4.98 Å². The second-order valence-corrected chi connectivity index (χ2v) is 3.84. The Labute approximate surface area is 106 Å². The highest BCUT2D eigenvalue weighted by molar-refractivity contribution is 6.68. The van der Waals surface area contributed by atoms with Crippen LogP contribution in [-0.2, 0) is 16.2 Å². The van der Waals surface area contributed by atoms with E-state index in [0.29, 0.717) is 5.71 Å². The third-order valence-corrected chi connectivity index (χ3v) is 2.33. The van der Waals surface area contributed by atoms with Crippen molar-refractivity contribution in [2.45, 2.75) is 13.5 Å². The third-order valence-electron chi connectivity index (χ3n) is 2.33. The van der Waals surface area contributed by atoms with Crippen LogP contribution in [0.5, 0.6) is 0 Å². The number of carbonyl (C=O) groups is 1. The molecule has 0 atom stereocenters. The van der Waals surface area contributed by atoms with E-state index in [1.54, 1.807) is 6.92 Å². The molecule has 2 rings (SSSR count). The number of carbonyl (C=O) groups excluding carboxylic acids is 1. The van der Waals surface area contributed by atoms with Crippen molar-refractivity contribution in [3.05, 3.63) is 32.6 Å². The van der Waals surface area contributed by atoms with Crippen molar-refractivity contribution in [2.24, 2.45) is 10.3 Å². The molecule has 0 bridgehead atoms. The van der Waals surface area contributed by atoms with E-state index < -0.39 is 11.2 Å². The molecule has 1 aromatic heterocycles. The number of aromatic nitrogens is 2. The normalized spacial score (nSPS) is 16.9. The summed E-state index contributed by atoms with van der Waals surface area (Å²) in [5.41, 5.74) is -0.384. The summed E-state index contributed by atoms with van der Waals surface area (Å²) in [4.78, 5) is 42.9. The monoisotopic (exact) mass is 265 g/mol. The zero-order valence-electron chi connectivity index (χ0n) is 10.3. The zero-order valence-corrected chi connectivity index (χ0v) is 10.3. The van der Waals surface area contributed by atoms with Gasteiger partial charge in [-0.05, 0) is 6.92 Å². The number of nitrogens with zero attached hydrogens (tertiary/aromatic N) is 3. The molecule has 2 heterocycles. The standard InChI is InChI=1S/C10H11N5O4/c1-5-8(9(17)15(2)13-5)14-19-4-6-3-7(16)12-10(18)11-6/h3H,4H2,1-2H3,(H2,11,12,16,18). The van der Waals surface area contributed by atoms with Crippen LogP contribution in [0.4, 0.5) is 0 Å². The first-order valence-electron chi connectivity index (χ1n) is 5.33. The fraction of sp³-hybridized carbons (Fsp3) is 0.300. The summed E-state index contributed by atoms with van der Waals surface area (Å²) in [6.45, 7) is 1.49. The van der Waals surface area contributed by atoms with Gasteiger partial charge in [0.05, 0.1) is 11.4 Å². The number of hydrazone groups is 1. The highest BCUT2D eigenvalue weighted by Gasteiger charge is 2.27. The molecule has 0 aromatic carbocycles. The molecule has 1 amide bonds. The smallest absolute Gasteiger partial charge is 0.326 e. The van der Waals surface area contributed by atoms with Gasteiger partial charge in [-0.1, -0.05) is 5.16 Å². The minimum absolute atomic E-state index is 0.0923. The SMILES string of the molecule is CC1=NN(C)C(=O)C1=NOCc1cc(=O)[nH]c(=O)[nH]1. The van der Waals surface area contributed by atoms with Gasteiger partial charge in [-0.3, -0.25) is 14.6 Å². The van der Waals surface area contributed by atoms with Gasteiger partial charge < -0.3 is 9.82 Å². The van der Waals surface area contributed by atoms with Crippen molar-refractivity contribution in [2.75, 3.05) is 7.05 Å². The predicted octanol–water partition coefficient (Wildman–Crippen LogP) is -1.22. The van der Waals surface area contributed by atoms with E-state index in [0.717, 1.165) is 5.01 Å². The lowest BCUT2D eigenvalue weighted by molar-refractivity contribution is -0.122. The fourth-order valence-electron chi connectivity index (χ4n) is 1.49. The second kappa shape index (κ2) is 4.88. The summed E-state index contributed by atoms with van der Waals surface area (Å²) in [5.74, 6) is -0.378. The van der Waals surface area contributed by atoms with Crippen molar-refractivity contribution in [1.29, 1.82) is 0 Å². The lowest BCUT2D eigenvalue weighted by Gasteiger charge is -2.02. The van der Waals surface area contributed by atoms with E-state index in [4.69, 9.17) is 4.84 Å². The maximum absolute atomic E-state index is 11.6. The Morgan fingerprint density at radius 3 is 2.68 bits per heavy atom. The molecule has 0 unspecified atom stereocenters. The molecule has 0 spiro atoms. The molecular weight excluding hydrogens is 254 g/mol. The maximum Gasteiger partial charge on any atom is 0.326 e. The van der Waals surface area contributed by atoms with Crippen LogP contribution < -0.4 is 11.2 Å². The van der Waals surface area contributed by atoms with Crippen LogP contribution in [0.25, 0.3) is 0 Å². The Morgan fingerprint density at radius 2 is 2.11 bits per heavy atom. The molecule has 9 nitrogen and oxygen atoms in total. The lowest BCUT2D eigenvalue weighted by atomic mass is 10.3. The van der Waals surface area contributed by atoms with Crippen LogP contribution in [0.2, 0.25) is 0 Å². The number of hydrogen-bond donors (Lipinski definition) is 2. The Bertz CT molecular complexity index is 655. The molecule has 1 aromatic rings. The van der Waals surface area contributed by atoms with E-state index in [2.05, 4.69) is 15.2 Å². The highest BCUT2D eigenvalue weighted by Crippen LogP contribution is 2.04. The minimum Gasteiger partial charge on any atom is -0.389 e. The van der Waals surface area contributed by atoms with Crippen LogP contribution in [0.3, 0.4) is 0 Å². The molecule has 100 valence electrons. The number of hydrogen-bond acceptors (Lipinski definition) is 6. The first-order valence-corrected chi connectivity index (χ1v) is 5.33. The Kier molecular flexibility index (Phi) is 3.27. The van der Waals surface area contributed by atoms with Gasteiger partial charge in [0.1, 0.15) is 0 Å². The molecule has 2 N–H and O–H groups in total. The van der Waals surface area contributed by atoms with Crippen LogP contribution in [0.1, 0.15) is 12.6 Å². The highest BCUT2D eigenvalue weighted by atomic mass is 16.6.